The smallest absolute Gasteiger partial charge is 0.264 e. The van der Waals surface area contributed by atoms with E-state index < -0.39 is 22.5 Å². The molecule has 0 bridgehead atoms. The van der Waals surface area contributed by atoms with Crippen LogP contribution in [0.4, 0.5) is 11.4 Å². The number of amides is 1. The van der Waals surface area contributed by atoms with E-state index in [4.69, 9.17) is 23.2 Å². The summed E-state index contributed by atoms with van der Waals surface area (Å²) >= 11 is 12.0. The van der Waals surface area contributed by atoms with Crippen molar-refractivity contribution >= 4 is 50.5 Å². The third-order valence-corrected chi connectivity index (χ3v) is 7.05. The van der Waals surface area contributed by atoms with Crippen molar-refractivity contribution < 1.29 is 13.2 Å². The van der Waals surface area contributed by atoms with Gasteiger partial charge in [0.05, 0.1) is 10.6 Å². The fourth-order valence-electron chi connectivity index (χ4n) is 2.94. The average molecular weight is 463 g/mol. The van der Waals surface area contributed by atoms with Gasteiger partial charge < -0.3 is 5.32 Å². The molecule has 0 aliphatic rings. The molecule has 5 nitrogen and oxygen atoms in total. The zero-order valence-corrected chi connectivity index (χ0v) is 18.7. The van der Waals surface area contributed by atoms with Gasteiger partial charge in [0.25, 0.3) is 10.0 Å². The summed E-state index contributed by atoms with van der Waals surface area (Å²) in [5, 5.41) is 3.69. The van der Waals surface area contributed by atoms with E-state index >= 15 is 0 Å². The van der Waals surface area contributed by atoms with Crippen LogP contribution in [-0.2, 0) is 14.8 Å². The molecule has 8 heteroatoms. The van der Waals surface area contributed by atoms with Crippen LogP contribution in [0.1, 0.15) is 11.1 Å². The number of rotatable bonds is 6. The standard InChI is InChI=1S/C22H20Cl2N2O3S/c1-15-6-3-4-9-21(15)26(30(28,29)18-12-10-17(23)11-13-18)14-22(27)25-20-8-5-7-19(24)16(20)2/h3-13H,14H2,1-2H3,(H,25,27). The topological polar surface area (TPSA) is 66.5 Å². The van der Waals surface area contributed by atoms with E-state index in [1.54, 1.807) is 56.3 Å². The van der Waals surface area contributed by atoms with Crippen LogP contribution in [0.5, 0.6) is 0 Å². The molecule has 3 aromatic carbocycles. The third kappa shape index (κ3) is 4.78. The first kappa shape index (κ1) is 22.2. The quantitative estimate of drug-likeness (QED) is 0.529. The number of halogens is 2. The predicted octanol–water partition coefficient (Wildman–Crippen LogP) is 5.44. The van der Waals surface area contributed by atoms with Crippen molar-refractivity contribution in [1.29, 1.82) is 0 Å². The second-order valence-electron chi connectivity index (χ2n) is 6.71. The molecule has 3 rings (SSSR count). The highest BCUT2D eigenvalue weighted by Gasteiger charge is 2.28. The van der Waals surface area contributed by atoms with Gasteiger partial charge in [0.1, 0.15) is 6.54 Å². The minimum Gasteiger partial charge on any atom is -0.324 e. The van der Waals surface area contributed by atoms with Gasteiger partial charge in [-0.3, -0.25) is 9.10 Å². The molecule has 0 atom stereocenters. The highest BCUT2D eigenvalue weighted by atomic mass is 35.5. The summed E-state index contributed by atoms with van der Waals surface area (Å²) in [6.07, 6.45) is 0. The summed E-state index contributed by atoms with van der Waals surface area (Å²) in [6.45, 7) is 3.17. The maximum absolute atomic E-state index is 13.4. The number of hydrogen-bond acceptors (Lipinski definition) is 3. The first-order valence-electron chi connectivity index (χ1n) is 9.09. The van der Waals surface area contributed by atoms with E-state index in [9.17, 15) is 13.2 Å². The van der Waals surface area contributed by atoms with Crippen LogP contribution in [0, 0.1) is 13.8 Å². The van der Waals surface area contributed by atoms with Crippen molar-refractivity contribution in [2.24, 2.45) is 0 Å². The number of carbonyl (C=O) groups excluding carboxylic acids is 1. The number of nitrogens with one attached hydrogen (secondary N) is 1. The number of para-hydroxylation sites is 1. The number of nitrogens with zero attached hydrogens (tertiary/aromatic N) is 1. The van der Waals surface area contributed by atoms with Gasteiger partial charge >= 0.3 is 0 Å². The molecule has 0 saturated carbocycles. The van der Waals surface area contributed by atoms with Crippen molar-refractivity contribution in [1.82, 2.24) is 0 Å². The van der Waals surface area contributed by atoms with Gasteiger partial charge in [-0.1, -0.05) is 47.5 Å². The molecule has 0 fully saturated rings. The lowest BCUT2D eigenvalue weighted by Gasteiger charge is -2.25. The Kier molecular flexibility index (Phi) is 6.71. The number of anilines is 2. The van der Waals surface area contributed by atoms with E-state index in [0.717, 1.165) is 9.87 Å². The summed E-state index contributed by atoms with van der Waals surface area (Å²) < 4.78 is 27.9. The molecule has 3 aromatic rings. The Hall–Kier alpha value is -2.54. The second kappa shape index (κ2) is 9.08. The molecule has 1 amide bonds. The molecule has 0 heterocycles. The zero-order chi connectivity index (χ0) is 21.9. The van der Waals surface area contributed by atoms with Crippen LogP contribution in [0.15, 0.2) is 71.6 Å². The molecule has 30 heavy (non-hydrogen) atoms. The molecule has 0 aromatic heterocycles. The van der Waals surface area contributed by atoms with Crippen LogP contribution in [0.2, 0.25) is 10.0 Å². The normalized spacial score (nSPS) is 11.2. The Balaban J connectivity index is 1.98. The van der Waals surface area contributed by atoms with Gasteiger partial charge in [-0.05, 0) is 67.4 Å². The van der Waals surface area contributed by atoms with Gasteiger partial charge in [0.15, 0.2) is 0 Å². The summed E-state index contributed by atoms with van der Waals surface area (Å²) in [7, 11) is -4.01. The zero-order valence-electron chi connectivity index (χ0n) is 16.4. The molecule has 0 saturated heterocycles. The molecular formula is C22H20Cl2N2O3S. The Morgan fingerprint density at radius 3 is 2.27 bits per heavy atom. The Morgan fingerprint density at radius 2 is 1.60 bits per heavy atom. The summed E-state index contributed by atoms with van der Waals surface area (Å²) in [5.41, 5.74) is 2.38. The molecule has 0 unspecified atom stereocenters. The van der Waals surface area contributed by atoms with Gasteiger partial charge in [0, 0.05) is 15.7 Å². The van der Waals surface area contributed by atoms with Crippen LogP contribution in [0.3, 0.4) is 0 Å². The summed E-state index contributed by atoms with van der Waals surface area (Å²) in [4.78, 5) is 12.9. The first-order chi connectivity index (χ1) is 14.2. The molecule has 1 N–H and O–H groups in total. The van der Waals surface area contributed by atoms with E-state index in [1.807, 2.05) is 0 Å². The number of carbonyl (C=O) groups is 1. The number of sulfonamides is 1. The number of aryl methyl sites for hydroxylation is 1. The maximum atomic E-state index is 13.4. The first-order valence-corrected chi connectivity index (χ1v) is 11.3. The van der Waals surface area contributed by atoms with E-state index in [1.165, 1.54) is 24.3 Å². The van der Waals surface area contributed by atoms with E-state index in [0.29, 0.717) is 27.0 Å². The molecule has 0 aliphatic heterocycles. The molecule has 0 aliphatic carbocycles. The number of hydrogen-bond donors (Lipinski definition) is 1. The van der Waals surface area contributed by atoms with Crippen molar-refractivity contribution in [3.05, 3.63) is 87.9 Å². The fourth-order valence-corrected chi connectivity index (χ4v) is 4.73. The summed E-state index contributed by atoms with van der Waals surface area (Å²) in [6, 6.07) is 18.0. The van der Waals surface area contributed by atoms with Crippen LogP contribution >= 0.6 is 23.2 Å². The van der Waals surface area contributed by atoms with Crippen LogP contribution < -0.4 is 9.62 Å². The summed E-state index contributed by atoms with van der Waals surface area (Å²) in [5.74, 6) is -0.485. The van der Waals surface area contributed by atoms with Gasteiger partial charge in [-0.15, -0.1) is 0 Å². The SMILES string of the molecule is Cc1ccccc1N(CC(=O)Nc1cccc(Cl)c1C)S(=O)(=O)c1ccc(Cl)cc1. The Morgan fingerprint density at radius 1 is 0.933 bits per heavy atom. The van der Waals surface area contributed by atoms with Crippen molar-refractivity contribution in [3.8, 4) is 0 Å². The predicted molar refractivity (Wildman–Crippen MR) is 122 cm³/mol. The minimum atomic E-state index is -4.01. The Bertz CT molecular complexity index is 1180. The van der Waals surface area contributed by atoms with E-state index in [-0.39, 0.29) is 4.90 Å². The lowest BCUT2D eigenvalue weighted by molar-refractivity contribution is -0.114. The molecule has 156 valence electrons. The van der Waals surface area contributed by atoms with Crippen LogP contribution in [0.25, 0.3) is 0 Å². The lowest BCUT2D eigenvalue weighted by Crippen LogP contribution is -2.38. The number of benzene rings is 3. The van der Waals surface area contributed by atoms with Gasteiger partial charge in [-0.2, -0.15) is 0 Å². The molecular weight excluding hydrogens is 443 g/mol. The van der Waals surface area contributed by atoms with Crippen molar-refractivity contribution in [2.75, 3.05) is 16.2 Å². The largest absolute Gasteiger partial charge is 0.324 e. The third-order valence-electron chi connectivity index (χ3n) is 4.61. The lowest BCUT2D eigenvalue weighted by atomic mass is 10.2. The van der Waals surface area contributed by atoms with E-state index in [2.05, 4.69) is 5.32 Å². The monoisotopic (exact) mass is 462 g/mol. The average Bonchev–Trinajstić information content (AvgIpc) is 2.70. The highest BCUT2D eigenvalue weighted by molar-refractivity contribution is 7.92. The van der Waals surface area contributed by atoms with Crippen molar-refractivity contribution in [3.63, 3.8) is 0 Å². The molecule has 0 spiro atoms. The Labute approximate surface area is 186 Å². The van der Waals surface area contributed by atoms with Crippen molar-refractivity contribution in [2.45, 2.75) is 18.7 Å². The van der Waals surface area contributed by atoms with Gasteiger partial charge in [0.2, 0.25) is 5.91 Å². The maximum Gasteiger partial charge on any atom is 0.264 e. The highest BCUT2D eigenvalue weighted by Crippen LogP contribution is 2.28. The van der Waals surface area contributed by atoms with Gasteiger partial charge in [-0.25, -0.2) is 8.42 Å². The second-order valence-corrected chi connectivity index (χ2v) is 9.42. The minimum absolute atomic E-state index is 0.0434. The van der Waals surface area contributed by atoms with Crippen LogP contribution in [-0.4, -0.2) is 20.9 Å². The fraction of sp³-hybridized carbons (Fsp3) is 0.136. The molecule has 0 radical (unpaired) electrons.